The minimum Gasteiger partial charge on any atom is -0.330 e. The van der Waals surface area contributed by atoms with Crippen LogP contribution in [0.3, 0.4) is 0 Å². The zero-order valence-corrected chi connectivity index (χ0v) is 9.00. The lowest BCUT2D eigenvalue weighted by Crippen LogP contribution is -2.10. The van der Waals surface area contributed by atoms with Gasteiger partial charge in [-0.15, -0.1) is 0 Å². The molecular formula is C11H17ClN2. The van der Waals surface area contributed by atoms with Crippen LogP contribution < -0.4 is 11.5 Å². The van der Waals surface area contributed by atoms with Crippen molar-refractivity contribution in [2.45, 2.75) is 25.3 Å². The zero-order chi connectivity index (χ0) is 10.4. The van der Waals surface area contributed by atoms with Crippen LogP contribution in [0, 0.1) is 0 Å². The third kappa shape index (κ3) is 3.66. The summed E-state index contributed by atoms with van der Waals surface area (Å²) < 4.78 is 0. The van der Waals surface area contributed by atoms with Crippen molar-refractivity contribution in [2.75, 3.05) is 6.54 Å². The fourth-order valence-electron chi connectivity index (χ4n) is 1.39. The SMILES string of the molecule is NCCCC[C@H](N)c1ccc(Cl)cc1. The second-order valence-corrected chi connectivity index (χ2v) is 3.88. The molecule has 0 bridgehead atoms. The Kier molecular flexibility index (Phi) is 4.94. The van der Waals surface area contributed by atoms with Gasteiger partial charge >= 0.3 is 0 Å². The summed E-state index contributed by atoms with van der Waals surface area (Å²) in [6.07, 6.45) is 3.11. The molecule has 4 N–H and O–H groups in total. The maximum absolute atomic E-state index is 6.00. The molecule has 14 heavy (non-hydrogen) atoms. The quantitative estimate of drug-likeness (QED) is 0.737. The van der Waals surface area contributed by atoms with E-state index in [-0.39, 0.29) is 6.04 Å². The summed E-state index contributed by atoms with van der Waals surface area (Å²) in [5, 5.41) is 0.753. The van der Waals surface area contributed by atoms with Gasteiger partial charge in [0.05, 0.1) is 0 Å². The minimum absolute atomic E-state index is 0.110. The van der Waals surface area contributed by atoms with E-state index in [1.54, 1.807) is 0 Å². The highest BCUT2D eigenvalue weighted by molar-refractivity contribution is 6.30. The van der Waals surface area contributed by atoms with Crippen molar-refractivity contribution < 1.29 is 0 Å². The first-order chi connectivity index (χ1) is 6.74. The van der Waals surface area contributed by atoms with Gasteiger partial charge in [0.2, 0.25) is 0 Å². The number of benzene rings is 1. The Morgan fingerprint density at radius 1 is 1.14 bits per heavy atom. The maximum atomic E-state index is 6.00. The maximum Gasteiger partial charge on any atom is 0.0406 e. The Balaban J connectivity index is 2.43. The zero-order valence-electron chi connectivity index (χ0n) is 8.25. The summed E-state index contributed by atoms with van der Waals surface area (Å²) in [5.41, 5.74) is 12.6. The lowest BCUT2D eigenvalue weighted by atomic mass is 10.0. The normalized spacial score (nSPS) is 12.8. The molecule has 1 aromatic carbocycles. The molecule has 0 fully saturated rings. The molecule has 0 unspecified atom stereocenters. The molecule has 0 saturated carbocycles. The predicted octanol–water partition coefficient (Wildman–Crippen LogP) is 2.47. The van der Waals surface area contributed by atoms with Gasteiger partial charge < -0.3 is 11.5 Å². The highest BCUT2D eigenvalue weighted by Gasteiger charge is 2.04. The second-order valence-electron chi connectivity index (χ2n) is 3.44. The smallest absolute Gasteiger partial charge is 0.0406 e. The first-order valence-corrected chi connectivity index (χ1v) is 5.33. The number of hydrogen-bond acceptors (Lipinski definition) is 2. The van der Waals surface area contributed by atoms with Crippen LogP contribution in [0.5, 0.6) is 0 Å². The Morgan fingerprint density at radius 3 is 2.36 bits per heavy atom. The average Bonchev–Trinajstić information content (AvgIpc) is 2.19. The molecule has 1 aromatic rings. The Morgan fingerprint density at radius 2 is 1.79 bits per heavy atom. The Bertz CT molecular complexity index is 258. The Hall–Kier alpha value is -0.570. The van der Waals surface area contributed by atoms with Crippen LogP contribution in [0.1, 0.15) is 30.9 Å². The van der Waals surface area contributed by atoms with E-state index >= 15 is 0 Å². The van der Waals surface area contributed by atoms with Crippen LogP contribution >= 0.6 is 11.6 Å². The summed E-state index contributed by atoms with van der Waals surface area (Å²) in [5.74, 6) is 0. The fraction of sp³-hybridized carbons (Fsp3) is 0.455. The van der Waals surface area contributed by atoms with Gasteiger partial charge in [0, 0.05) is 11.1 Å². The summed E-state index contributed by atoms with van der Waals surface area (Å²) >= 11 is 5.79. The van der Waals surface area contributed by atoms with E-state index in [0.29, 0.717) is 0 Å². The molecule has 0 spiro atoms. The van der Waals surface area contributed by atoms with Gasteiger partial charge in [-0.3, -0.25) is 0 Å². The number of nitrogens with two attached hydrogens (primary N) is 2. The van der Waals surface area contributed by atoms with Crippen LogP contribution in [0.4, 0.5) is 0 Å². The minimum atomic E-state index is 0.110. The van der Waals surface area contributed by atoms with E-state index in [1.807, 2.05) is 24.3 Å². The molecule has 0 aliphatic carbocycles. The second kappa shape index (κ2) is 6.02. The van der Waals surface area contributed by atoms with Gasteiger partial charge in [0.15, 0.2) is 0 Å². The number of unbranched alkanes of at least 4 members (excludes halogenated alkanes) is 1. The highest BCUT2D eigenvalue weighted by Crippen LogP contribution is 2.18. The van der Waals surface area contributed by atoms with Crippen molar-refractivity contribution in [3.8, 4) is 0 Å². The van der Waals surface area contributed by atoms with Crippen LogP contribution in [0.2, 0.25) is 5.02 Å². The summed E-state index contributed by atoms with van der Waals surface area (Å²) in [6.45, 7) is 0.743. The molecule has 0 aliphatic rings. The van der Waals surface area contributed by atoms with E-state index in [4.69, 9.17) is 23.1 Å². The summed E-state index contributed by atoms with van der Waals surface area (Å²) in [7, 11) is 0. The topological polar surface area (TPSA) is 52.0 Å². The van der Waals surface area contributed by atoms with Gasteiger partial charge in [-0.2, -0.15) is 0 Å². The number of rotatable bonds is 5. The van der Waals surface area contributed by atoms with Gasteiger partial charge in [0.25, 0.3) is 0 Å². The van der Waals surface area contributed by atoms with E-state index in [0.717, 1.165) is 36.4 Å². The van der Waals surface area contributed by atoms with Gasteiger partial charge in [-0.05, 0) is 37.1 Å². The lowest BCUT2D eigenvalue weighted by Gasteiger charge is -2.11. The first kappa shape index (κ1) is 11.5. The molecule has 3 heteroatoms. The molecule has 2 nitrogen and oxygen atoms in total. The molecule has 0 radical (unpaired) electrons. The molecule has 0 aromatic heterocycles. The van der Waals surface area contributed by atoms with Crippen molar-refractivity contribution in [1.29, 1.82) is 0 Å². The van der Waals surface area contributed by atoms with Gasteiger partial charge in [0.1, 0.15) is 0 Å². The van der Waals surface area contributed by atoms with Crippen molar-refractivity contribution in [3.05, 3.63) is 34.9 Å². The molecule has 0 amide bonds. The van der Waals surface area contributed by atoms with E-state index in [9.17, 15) is 0 Å². The van der Waals surface area contributed by atoms with Crippen molar-refractivity contribution >= 4 is 11.6 Å². The van der Waals surface area contributed by atoms with Crippen molar-refractivity contribution in [1.82, 2.24) is 0 Å². The van der Waals surface area contributed by atoms with Crippen molar-refractivity contribution in [2.24, 2.45) is 11.5 Å². The molecule has 78 valence electrons. The molecular weight excluding hydrogens is 196 g/mol. The molecule has 0 saturated heterocycles. The predicted molar refractivity (Wildman–Crippen MR) is 61.3 cm³/mol. The van der Waals surface area contributed by atoms with Crippen LogP contribution in [0.15, 0.2) is 24.3 Å². The molecule has 1 atom stereocenters. The summed E-state index contributed by atoms with van der Waals surface area (Å²) in [4.78, 5) is 0. The van der Waals surface area contributed by atoms with Gasteiger partial charge in [-0.1, -0.05) is 30.2 Å². The Labute approximate surface area is 90.2 Å². The van der Waals surface area contributed by atoms with Crippen LogP contribution in [-0.4, -0.2) is 6.54 Å². The van der Waals surface area contributed by atoms with Crippen LogP contribution in [-0.2, 0) is 0 Å². The van der Waals surface area contributed by atoms with E-state index in [2.05, 4.69) is 0 Å². The fourth-order valence-corrected chi connectivity index (χ4v) is 1.51. The summed E-state index contributed by atoms with van der Waals surface area (Å²) in [6, 6.07) is 7.82. The average molecular weight is 213 g/mol. The molecule has 1 rings (SSSR count). The first-order valence-electron chi connectivity index (χ1n) is 4.95. The third-order valence-electron chi connectivity index (χ3n) is 2.27. The van der Waals surface area contributed by atoms with E-state index in [1.165, 1.54) is 0 Å². The van der Waals surface area contributed by atoms with Crippen molar-refractivity contribution in [3.63, 3.8) is 0 Å². The number of halogens is 1. The largest absolute Gasteiger partial charge is 0.330 e. The molecule has 0 aliphatic heterocycles. The lowest BCUT2D eigenvalue weighted by molar-refractivity contribution is 0.591. The van der Waals surface area contributed by atoms with Gasteiger partial charge in [-0.25, -0.2) is 0 Å². The highest BCUT2D eigenvalue weighted by atomic mass is 35.5. The van der Waals surface area contributed by atoms with Crippen LogP contribution in [0.25, 0.3) is 0 Å². The molecule has 0 heterocycles. The number of hydrogen-bond donors (Lipinski definition) is 2. The third-order valence-corrected chi connectivity index (χ3v) is 2.52. The standard InChI is InChI=1S/C11H17ClN2/c12-10-6-4-9(5-7-10)11(14)3-1-2-8-13/h4-7,11H,1-3,8,13-14H2/t11-/m0/s1. The monoisotopic (exact) mass is 212 g/mol. The van der Waals surface area contributed by atoms with E-state index < -0.39 is 0 Å².